The minimum Gasteiger partial charge on any atom is -0.311 e. The summed E-state index contributed by atoms with van der Waals surface area (Å²) < 4.78 is 0. The van der Waals surface area contributed by atoms with E-state index < -0.39 is 0 Å². The Hall–Kier alpha value is -0.120. The van der Waals surface area contributed by atoms with Gasteiger partial charge >= 0.3 is 0 Å². The van der Waals surface area contributed by atoms with Gasteiger partial charge in [-0.3, -0.25) is 9.80 Å². The number of nitrogens with zero attached hydrogens (tertiary/aromatic N) is 2. The van der Waals surface area contributed by atoms with Gasteiger partial charge in [-0.2, -0.15) is 0 Å². The normalized spacial score (nSPS) is 39.6. The number of piperazine rings is 1. The maximum absolute atomic E-state index is 3.81. The quantitative estimate of drug-likeness (QED) is 0.852. The van der Waals surface area contributed by atoms with Gasteiger partial charge in [0.05, 0.1) is 0 Å². The number of nitrogens with one attached hydrogen (secondary N) is 1. The summed E-state index contributed by atoms with van der Waals surface area (Å²) in [5, 5.41) is 3.81. The zero-order chi connectivity index (χ0) is 14.1. The lowest BCUT2D eigenvalue weighted by molar-refractivity contribution is 0.0595. The van der Waals surface area contributed by atoms with Gasteiger partial charge in [0.25, 0.3) is 0 Å². The van der Waals surface area contributed by atoms with Crippen molar-refractivity contribution >= 4 is 0 Å². The van der Waals surface area contributed by atoms with Crippen molar-refractivity contribution < 1.29 is 0 Å². The first-order valence-corrected chi connectivity index (χ1v) is 8.92. The smallest absolute Gasteiger partial charge is 0.0267 e. The number of hydrogen-bond donors (Lipinski definition) is 1. The van der Waals surface area contributed by atoms with Crippen LogP contribution >= 0.6 is 0 Å². The molecule has 0 amide bonds. The molecule has 4 unspecified atom stereocenters. The summed E-state index contributed by atoms with van der Waals surface area (Å²) in [6.07, 6.45) is 6.91. The maximum atomic E-state index is 3.81. The molecule has 3 heterocycles. The molecule has 0 radical (unpaired) electrons. The summed E-state index contributed by atoms with van der Waals surface area (Å²) in [7, 11) is 0. The molecule has 3 aliphatic heterocycles. The Kier molecular flexibility index (Phi) is 4.68. The van der Waals surface area contributed by atoms with Crippen molar-refractivity contribution in [1.29, 1.82) is 0 Å². The zero-order valence-corrected chi connectivity index (χ0v) is 13.6. The van der Waals surface area contributed by atoms with Crippen molar-refractivity contribution in [1.82, 2.24) is 15.1 Å². The van der Waals surface area contributed by atoms with Gasteiger partial charge in [-0.1, -0.05) is 20.8 Å². The van der Waals surface area contributed by atoms with Crippen molar-refractivity contribution in [2.75, 3.05) is 26.2 Å². The lowest BCUT2D eigenvalue weighted by Crippen LogP contribution is -2.61. The Morgan fingerprint density at radius 1 is 1.15 bits per heavy atom. The first-order chi connectivity index (χ1) is 9.69. The molecular formula is C17H33N3. The first-order valence-electron chi connectivity index (χ1n) is 8.92. The second-order valence-corrected chi connectivity index (χ2v) is 7.60. The van der Waals surface area contributed by atoms with Crippen molar-refractivity contribution in [3.05, 3.63) is 0 Å². The van der Waals surface area contributed by atoms with E-state index in [4.69, 9.17) is 0 Å². The molecule has 4 atom stereocenters. The highest BCUT2D eigenvalue weighted by Gasteiger charge is 2.43. The summed E-state index contributed by atoms with van der Waals surface area (Å²) in [6, 6.07) is 3.21. The van der Waals surface area contributed by atoms with Crippen LogP contribution in [0.1, 0.15) is 52.9 Å². The molecule has 3 rings (SSSR count). The van der Waals surface area contributed by atoms with E-state index in [0.29, 0.717) is 6.04 Å². The molecule has 1 N–H and O–H groups in total. The van der Waals surface area contributed by atoms with Crippen LogP contribution < -0.4 is 5.32 Å². The minimum atomic E-state index is 0.716. The van der Waals surface area contributed by atoms with E-state index in [1.807, 2.05) is 0 Å². The molecule has 0 aromatic heterocycles. The standard InChI is InChI=1S/C17H33N3/c1-4-15-11-18-14(10-13(2)3)12-20(15)17-7-9-19-8-5-6-16(17)19/h13-18H,4-12H2,1-3H3. The molecule has 0 saturated carbocycles. The molecule has 0 aromatic carbocycles. The molecule has 3 aliphatic rings. The average Bonchev–Trinajstić information content (AvgIpc) is 3.00. The van der Waals surface area contributed by atoms with Crippen LogP contribution in [0.25, 0.3) is 0 Å². The van der Waals surface area contributed by atoms with Gasteiger partial charge in [-0.15, -0.1) is 0 Å². The molecule has 3 fully saturated rings. The highest BCUT2D eigenvalue weighted by atomic mass is 15.3. The van der Waals surface area contributed by atoms with Crippen LogP contribution in [0.2, 0.25) is 0 Å². The summed E-state index contributed by atoms with van der Waals surface area (Å²) in [6.45, 7) is 12.3. The second kappa shape index (κ2) is 6.33. The van der Waals surface area contributed by atoms with Crippen molar-refractivity contribution in [3.63, 3.8) is 0 Å². The van der Waals surface area contributed by atoms with Crippen LogP contribution in [0, 0.1) is 5.92 Å². The molecule has 3 saturated heterocycles. The van der Waals surface area contributed by atoms with Gasteiger partial charge in [0, 0.05) is 43.8 Å². The third-order valence-corrected chi connectivity index (χ3v) is 5.77. The van der Waals surface area contributed by atoms with Crippen LogP contribution in [0.15, 0.2) is 0 Å². The fourth-order valence-corrected chi connectivity index (χ4v) is 4.84. The topological polar surface area (TPSA) is 18.5 Å². The lowest BCUT2D eigenvalue weighted by atomic mass is 9.95. The third kappa shape index (κ3) is 2.90. The van der Waals surface area contributed by atoms with Gasteiger partial charge in [0.1, 0.15) is 0 Å². The van der Waals surface area contributed by atoms with Crippen molar-refractivity contribution in [2.45, 2.75) is 77.0 Å². The van der Waals surface area contributed by atoms with E-state index in [2.05, 4.69) is 35.9 Å². The zero-order valence-electron chi connectivity index (χ0n) is 13.6. The maximum Gasteiger partial charge on any atom is 0.0267 e. The van der Waals surface area contributed by atoms with Gasteiger partial charge in [0.15, 0.2) is 0 Å². The molecular weight excluding hydrogens is 246 g/mol. The largest absolute Gasteiger partial charge is 0.311 e. The van der Waals surface area contributed by atoms with Crippen molar-refractivity contribution in [3.8, 4) is 0 Å². The molecule has 0 bridgehead atoms. The van der Waals surface area contributed by atoms with E-state index in [9.17, 15) is 0 Å². The van der Waals surface area contributed by atoms with Crippen LogP contribution in [0.3, 0.4) is 0 Å². The number of hydrogen-bond acceptors (Lipinski definition) is 3. The fourth-order valence-electron chi connectivity index (χ4n) is 4.84. The molecule has 3 heteroatoms. The van der Waals surface area contributed by atoms with Gasteiger partial charge in [0.2, 0.25) is 0 Å². The van der Waals surface area contributed by atoms with E-state index in [-0.39, 0.29) is 0 Å². The predicted octanol–water partition coefficient (Wildman–Crippen LogP) is 2.32. The predicted molar refractivity (Wildman–Crippen MR) is 85.0 cm³/mol. The van der Waals surface area contributed by atoms with Crippen LogP contribution in [0.4, 0.5) is 0 Å². The van der Waals surface area contributed by atoms with Gasteiger partial charge < -0.3 is 5.32 Å². The Morgan fingerprint density at radius 2 is 2.00 bits per heavy atom. The molecule has 0 spiro atoms. The number of rotatable bonds is 4. The lowest BCUT2D eigenvalue weighted by Gasteiger charge is -2.45. The Balaban J connectivity index is 1.67. The van der Waals surface area contributed by atoms with Gasteiger partial charge in [-0.05, 0) is 44.6 Å². The van der Waals surface area contributed by atoms with E-state index in [1.54, 1.807) is 0 Å². The van der Waals surface area contributed by atoms with E-state index in [0.717, 1.165) is 24.0 Å². The molecule has 116 valence electrons. The summed E-state index contributed by atoms with van der Waals surface area (Å²) >= 11 is 0. The van der Waals surface area contributed by atoms with E-state index in [1.165, 1.54) is 58.3 Å². The third-order valence-electron chi connectivity index (χ3n) is 5.77. The summed E-state index contributed by atoms with van der Waals surface area (Å²) in [5.74, 6) is 0.805. The highest BCUT2D eigenvalue weighted by molar-refractivity contribution is 5.01. The monoisotopic (exact) mass is 279 g/mol. The highest BCUT2D eigenvalue weighted by Crippen LogP contribution is 2.33. The Bertz CT molecular complexity index is 317. The second-order valence-electron chi connectivity index (χ2n) is 7.60. The van der Waals surface area contributed by atoms with Crippen LogP contribution in [-0.2, 0) is 0 Å². The molecule has 0 aliphatic carbocycles. The Labute approximate surface area is 125 Å². The Morgan fingerprint density at radius 3 is 2.75 bits per heavy atom. The molecule has 0 aromatic rings. The van der Waals surface area contributed by atoms with Gasteiger partial charge in [-0.25, -0.2) is 0 Å². The average molecular weight is 279 g/mol. The van der Waals surface area contributed by atoms with Crippen molar-refractivity contribution in [2.24, 2.45) is 5.92 Å². The SMILES string of the molecule is CCC1CNC(CC(C)C)CN1C1CCN2CCCC12. The first kappa shape index (κ1) is 14.8. The summed E-state index contributed by atoms with van der Waals surface area (Å²) in [4.78, 5) is 5.66. The number of fused-ring (bicyclic) bond motifs is 1. The molecule has 3 nitrogen and oxygen atoms in total. The fraction of sp³-hybridized carbons (Fsp3) is 1.00. The minimum absolute atomic E-state index is 0.716. The van der Waals surface area contributed by atoms with Crippen LogP contribution in [-0.4, -0.2) is 60.1 Å². The summed E-state index contributed by atoms with van der Waals surface area (Å²) in [5.41, 5.74) is 0. The molecule has 20 heavy (non-hydrogen) atoms. The van der Waals surface area contributed by atoms with Crippen LogP contribution in [0.5, 0.6) is 0 Å². The van der Waals surface area contributed by atoms with E-state index >= 15 is 0 Å².